The predicted octanol–water partition coefficient (Wildman–Crippen LogP) is 10.6. The van der Waals surface area contributed by atoms with Gasteiger partial charge in [-0.2, -0.15) is 0 Å². The summed E-state index contributed by atoms with van der Waals surface area (Å²) in [5.41, 5.74) is 13.9. The number of benzene rings is 6. The van der Waals surface area contributed by atoms with E-state index >= 15 is 0 Å². The minimum absolute atomic E-state index is 0.346. The molecule has 46 heavy (non-hydrogen) atoms. The topological polar surface area (TPSA) is 38.7 Å². The Labute approximate surface area is 264 Å². The highest BCUT2D eigenvalue weighted by Crippen LogP contribution is 2.62. The van der Waals surface area contributed by atoms with E-state index in [4.69, 9.17) is 15.0 Å². The summed E-state index contributed by atoms with van der Waals surface area (Å²) in [5.74, 6) is 0. The lowest BCUT2D eigenvalue weighted by Crippen LogP contribution is -2.26. The molecule has 0 saturated heterocycles. The van der Waals surface area contributed by atoms with Crippen LogP contribution in [0.15, 0.2) is 134 Å². The fourth-order valence-corrected chi connectivity index (χ4v) is 8.79. The molecule has 1 unspecified atom stereocenters. The van der Waals surface area contributed by atoms with Crippen molar-refractivity contribution in [1.82, 2.24) is 15.0 Å². The van der Waals surface area contributed by atoms with E-state index in [0.717, 1.165) is 33.0 Å². The molecule has 1 atom stereocenters. The maximum atomic E-state index is 5.44. The van der Waals surface area contributed by atoms with E-state index in [-0.39, 0.29) is 5.41 Å². The minimum atomic E-state index is -0.346. The zero-order chi connectivity index (χ0) is 30.1. The van der Waals surface area contributed by atoms with Crippen molar-refractivity contribution in [3.05, 3.63) is 150 Å². The number of fused-ring (bicyclic) bond motifs is 12. The molecule has 0 spiro atoms. The summed E-state index contributed by atoms with van der Waals surface area (Å²) in [6, 6.07) is 44.3. The van der Waals surface area contributed by atoms with Gasteiger partial charge in [-0.05, 0) is 86.1 Å². The molecule has 3 nitrogen and oxygen atoms in total. The molecular weight excluding hydrogens is 558 g/mol. The fraction of sp³-hybridized carbons (Fsp3) is 0.0465. The average molecular weight is 584 g/mol. The first-order chi connectivity index (χ1) is 22.7. The first kappa shape index (κ1) is 24.4. The zero-order valence-corrected chi connectivity index (χ0v) is 25.0. The van der Waals surface area contributed by atoms with Crippen LogP contribution in [-0.2, 0) is 5.41 Å². The Morgan fingerprint density at radius 2 is 1.24 bits per heavy atom. The Balaban J connectivity index is 1.35. The molecule has 0 amide bonds. The molecular formula is C43H25N3. The summed E-state index contributed by atoms with van der Waals surface area (Å²) >= 11 is 0. The Hall–Kier alpha value is -5.93. The van der Waals surface area contributed by atoms with Gasteiger partial charge in [0.05, 0.1) is 22.2 Å². The largest absolute Gasteiger partial charge is 0.254 e. The first-order valence-electron chi connectivity index (χ1n) is 15.9. The van der Waals surface area contributed by atoms with Gasteiger partial charge in [-0.15, -0.1) is 0 Å². The molecule has 0 fully saturated rings. The molecule has 2 aliphatic carbocycles. The normalized spacial score (nSPS) is 16.0. The van der Waals surface area contributed by atoms with Crippen LogP contribution in [0.4, 0.5) is 0 Å². The van der Waals surface area contributed by atoms with Crippen LogP contribution in [0.3, 0.4) is 0 Å². The fourth-order valence-electron chi connectivity index (χ4n) is 8.79. The van der Waals surface area contributed by atoms with Gasteiger partial charge in [-0.1, -0.05) is 97.1 Å². The Morgan fingerprint density at radius 3 is 2.20 bits per heavy atom. The van der Waals surface area contributed by atoms with Crippen LogP contribution in [0, 0.1) is 0 Å². The third-order valence-corrected chi connectivity index (χ3v) is 10.7. The van der Waals surface area contributed by atoms with Crippen LogP contribution >= 0.6 is 0 Å². The zero-order valence-electron chi connectivity index (χ0n) is 25.0. The first-order valence-corrected chi connectivity index (χ1v) is 15.9. The van der Waals surface area contributed by atoms with E-state index in [9.17, 15) is 0 Å². The lowest BCUT2D eigenvalue weighted by molar-refractivity contribution is 0.718. The Kier molecular flexibility index (Phi) is 4.46. The summed E-state index contributed by atoms with van der Waals surface area (Å²) in [7, 11) is 0. The molecule has 0 N–H and O–H groups in total. The van der Waals surface area contributed by atoms with Crippen LogP contribution in [0.2, 0.25) is 0 Å². The maximum Gasteiger partial charge on any atom is 0.0970 e. The molecule has 2 aliphatic rings. The number of aromatic nitrogens is 3. The van der Waals surface area contributed by atoms with E-state index in [1.807, 2.05) is 24.5 Å². The number of hydrogen-bond donors (Lipinski definition) is 0. The molecule has 0 saturated carbocycles. The SMILES string of the molecule is CC12c3ccccc3-c3nc4ccc5ccccc5c4c(c31)-c1ccc(-c3cc4cccnc4c4ncccc34)c3cccc2c13. The smallest absolute Gasteiger partial charge is 0.0970 e. The molecule has 0 radical (unpaired) electrons. The lowest BCUT2D eigenvalue weighted by Gasteiger charge is -2.36. The second-order valence-electron chi connectivity index (χ2n) is 12.8. The van der Waals surface area contributed by atoms with Crippen LogP contribution in [0.25, 0.3) is 87.8 Å². The van der Waals surface area contributed by atoms with Crippen molar-refractivity contribution >= 4 is 54.3 Å². The summed E-state index contributed by atoms with van der Waals surface area (Å²) in [6.07, 6.45) is 3.72. The third kappa shape index (κ3) is 2.83. The lowest BCUT2D eigenvalue weighted by atomic mass is 9.65. The van der Waals surface area contributed by atoms with Crippen LogP contribution < -0.4 is 0 Å². The van der Waals surface area contributed by atoms with Crippen molar-refractivity contribution < 1.29 is 0 Å². The molecule has 3 aromatic heterocycles. The van der Waals surface area contributed by atoms with Crippen molar-refractivity contribution in [2.75, 3.05) is 0 Å². The van der Waals surface area contributed by atoms with Gasteiger partial charge in [0.1, 0.15) is 0 Å². The Bertz CT molecular complexity index is 2830. The van der Waals surface area contributed by atoms with Gasteiger partial charge in [0.2, 0.25) is 0 Å². The second kappa shape index (κ2) is 8.41. The summed E-state index contributed by atoms with van der Waals surface area (Å²) in [6.45, 7) is 2.42. The molecule has 3 heterocycles. The highest BCUT2D eigenvalue weighted by molar-refractivity contribution is 6.23. The minimum Gasteiger partial charge on any atom is -0.254 e. The number of rotatable bonds is 1. The highest BCUT2D eigenvalue weighted by atomic mass is 14.7. The molecule has 6 aromatic carbocycles. The van der Waals surface area contributed by atoms with Gasteiger partial charge in [0, 0.05) is 45.1 Å². The standard InChI is InChI=1S/C43H25N3/c1-43-33-15-5-4-12-30(33)41-39(43)38(37-26-11-3-2-9-24(26)17-20-35(37)46-41)31-19-18-27(28-13-6-16-34(43)36(28)31)32-23-25-10-7-21-44-40(25)42-29(32)14-8-22-45-42/h2-23H,1H3. The molecule has 9 aromatic rings. The van der Waals surface area contributed by atoms with E-state index in [2.05, 4.69) is 116 Å². The van der Waals surface area contributed by atoms with E-state index < -0.39 is 0 Å². The summed E-state index contributed by atoms with van der Waals surface area (Å²) in [5, 5.41) is 8.52. The van der Waals surface area contributed by atoms with Gasteiger partial charge in [-0.25, -0.2) is 4.98 Å². The number of pyridine rings is 3. The molecule has 212 valence electrons. The summed E-state index contributed by atoms with van der Waals surface area (Å²) < 4.78 is 0. The quantitative estimate of drug-likeness (QED) is 0.180. The van der Waals surface area contributed by atoms with Gasteiger partial charge in [-0.3, -0.25) is 9.97 Å². The van der Waals surface area contributed by atoms with E-state index in [1.54, 1.807) is 0 Å². The molecule has 0 aliphatic heterocycles. The van der Waals surface area contributed by atoms with E-state index in [0.29, 0.717) is 0 Å². The predicted molar refractivity (Wildman–Crippen MR) is 189 cm³/mol. The summed E-state index contributed by atoms with van der Waals surface area (Å²) in [4.78, 5) is 15.0. The highest BCUT2D eigenvalue weighted by Gasteiger charge is 2.48. The van der Waals surface area contributed by atoms with Crippen LogP contribution in [0.5, 0.6) is 0 Å². The number of hydrogen-bond acceptors (Lipinski definition) is 3. The number of nitrogens with zero attached hydrogens (tertiary/aromatic N) is 3. The molecule has 0 bridgehead atoms. The molecule has 11 rings (SSSR count). The van der Waals surface area contributed by atoms with Crippen molar-refractivity contribution in [2.24, 2.45) is 0 Å². The third-order valence-electron chi connectivity index (χ3n) is 10.7. The van der Waals surface area contributed by atoms with Gasteiger partial charge < -0.3 is 0 Å². The van der Waals surface area contributed by atoms with Gasteiger partial charge >= 0.3 is 0 Å². The molecule has 3 heteroatoms. The monoisotopic (exact) mass is 583 g/mol. The Morgan fingerprint density at radius 1 is 0.500 bits per heavy atom. The van der Waals surface area contributed by atoms with Crippen molar-refractivity contribution in [3.8, 4) is 33.5 Å². The van der Waals surface area contributed by atoms with Gasteiger partial charge in [0.15, 0.2) is 0 Å². The van der Waals surface area contributed by atoms with E-state index in [1.165, 1.54) is 71.4 Å². The second-order valence-corrected chi connectivity index (χ2v) is 12.8. The van der Waals surface area contributed by atoms with Crippen molar-refractivity contribution in [1.29, 1.82) is 0 Å². The van der Waals surface area contributed by atoms with Crippen molar-refractivity contribution in [2.45, 2.75) is 12.3 Å². The van der Waals surface area contributed by atoms with Gasteiger partial charge in [0.25, 0.3) is 0 Å². The average Bonchev–Trinajstić information content (AvgIpc) is 3.38. The van der Waals surface area contributed by atoms with Crippen LogP contribution in [-0.4, -0.2) is 15.0 Å². The maximum absolute atomic E-state index is 5.44. The van der Waals surface area contributed by atoms with Crippen LogP contribution in [0.1, 0.15) is 23.6 Å². The van der Waals surface area contributed by atoms with Crippen molar-refractivity contribution in [3.63, 3.8) is 0 Å².